The maximum Gasteiger partial charge on any atom is 0.217 e. The maximum absolute atomic E-state index is 5.40. The fourth-order valence-electron chi connectivity index (χ4n) is 2.99. The van der Waals surface area contributed by atoms with E-state index in [1.165, 1.54) is 0 Å². The summed E-state index contributed by atoms with van der Waals surface area (Å²) in [6, 6.07) is 6.07. The Morgan fingerprint density at radius 1 is 1.28 bits per heavy atom. The molecular weight excluding hydrogens is 356 g/mol. The first-order chi connectivity index (χ1) is 12.2. The molecule has 1 N–H and O–H groups in total. The second-order valence-electron chi connectivity index (χ2n) is 6.22. The molecule has 1 saturated heterocycles. The van der Waals surface area contributed by atoms with Crippen molar-refractivity contribution in [2.45, 2.75) is 20.1 Å². The molecule has 4 heterocycles. The predicted octanol–water partition coefficient (Wildman–Crippen LogP) is 2.74. The van der Waals surface area contributed by atoms with E-state index in [0.717, 1.165) is 61.5 Å². The highest BCUT2D eigenvalue weighted by Crippen LogP contribution is 2.20. The van der Waals surface area contributed by atoms with E-state index in [0.29, 0.717) is 4.77 Å². The van der Waals surface area contributed by atoms with Crippen LogP contribution in [0.2, 0.25) is 0 Å². The predicted molar refractivity (Wildman–Crippen MR) is 98.8 cm³/mol. The minimum Gasteiger partial charge on any atom is -0.361 e. The van der Waals surface area contributed by atoms with Gasteiger partial charge in [0.15, 0.2) is 5.82 Å². The van der Waals surface area contributed by atoms with Crippen LogP contribution in [0.1, 0.15) is 11.5 Å². The Hall–Kier alpha value is -1.81. The number of thiophene rings is 1. The Labute approximate surface area is 154 Å². The Bertz CT molecular complexity index is 873. The standard InChI is InChI=1S/C16H20N6OS2/c1-12-9-13(19-23-12)10-20-4-6-21(7-5-20)11-22-16(24)17-15(18-22)14-3-2-8-25-14/h2-3,8-9H,4-7,10-11H2,1H3,(H,17,18,24). The number of piperazine rings is 1. The number of nitrogens with one attached hydrogen (secondary N) is 1. The number of aryl methyl sites for hydroxylation is 1. The van der Waals surface area contributed by atoms with Gasteiger partial charge in [0, 0.05) is 38.8 Å². The molecule has 9 heteroatoms. The van der Waals surface area contributed by atoms with Crippen molar-refractivity contribution in [2.24, 2.45) is 0 Å². The number of aromatic nitrogens is 4. The van der Waals surface area contributed by atoms with Crippen molar-refractivity contribution in [1.29, 1.82) is 0 Å². The molecule has 0 aromatic carbocycles. The molecule has 0 atom stereocenters. The summed E-state index contributed by atoms with van der Waals surface area (Å²) in [5.74, 6) is 1.71. The Morgan fingerprint density at radius 2 is 2.08 bits per heavy atom. The van der Waals surface area contributed by atoms with Gasteiger partial charge in [-0.2, -0.15) is 4.98 Å². The minimum absolute atomic E-state index is 0.601. The minimum atomic E-state index is 0.601. The number of hydrogen-bond donors (Lipinski definition) is 1. The molecule has 1 aliphatic rings. The zero-order chi connectivity index (χ0) is 17.2. The van der Waals surface area contributed by atoms with Gasteiger partial charge >= 0.3 is 0 Å². The van der Waals surface area contributed by atoms with Crippen LogP contribution in [-0.2, 0) is 13.2 Å². The lowest BCUT2D eigenvalue weighted by atomic mass is 10.3. The zero-order valence-electron chi connectivity index (χ0n) is 14.0. The molecule has 0 spiro atoms. The second-order valence-corrected chi connectivity index (χ2v) is 7.54. The van der Waals surface area contributed by atoms with Gasteiger partial charge in [-0.05, 0) is 30.6 Å². The van der Waals surface area contributed by atoms with Gasteiger partial charge in [-0.3, -0.25) is 14.9 Å². The van der Waals surface area contributed by atoms with Gasteiger partial charge in [-0.1, -0.05) is 11.2 Å². The number of H-pyrrole nitrogens is 1. The molecule has 0 bridgehead atoms. The van der Waals surface area contributed by atoms with Crippen LogP contribution in [-0.4, -0.2) is 55.9 Å². The van der Waals surface area contributed by atoms with Crippen LogP contribution in [0.5, 0.6) is 0 Å². The van der Waals surface area contributed by atoms with Crippen molar-refractivity contribution < 1.29 is 4.52 Å². The highest BCUT2D eigenvalue weighted by atomic mass is 32.1. The van der Waals surface area contributed by atoms with Crippen molar-refractivity contribution >= 4 is 23.6 Å². The lowest BCUT2D eigenvalue weighted by Gasteiger charge is -2.34. The van der Waals surface area contributed by atoms with Gasteiger partial charge < -0.3 is 4.52 Å². The topological polar surface area (TPSA) is 66.1 Å². The van der Waals surface area contributed by atoms with Crippen LogP contribution in [0.3, 0.4) is 0 Å². The second kappa shape index (κ2) is 7.20. The fourth-order valence-corrected chi connectivity index (χ4v) is 3.84. The Balaban J connectivity index is 1.33. The summed E-state index contributed by atoms with van der Waals surface area (Å²) >= 11 is 7.06. The molecular formula is C16H20N6OS2. The fraction of sp³-hybridized carbons (Fsp3) is 0.438. The molecule has 1 aliphatic heterocycles. The van der Waals surface area contributed by atoms with Crippen LogP contribution < -0.4 is 0 Å². The van der Waals surface area contributed by atoms with Gasteiger partial charge in [0.1, 0.15) is 5.76 Å². The van der Waals surface area contributed by atoms with Crippen molar-refractivity contribution in [3.63, 3.8) is 0 Å². The Kier molecular flexibility index (Phi) is 4.80. The smallest absolute Gasteiger partial charge is 0.217 e. The number of aromatic amines is 1. The van der Waals surface area contributed by atoms with Crippen LogP contribution in [0.15, 0.2) is 28.1 Å². The highest BCUT2D eigenvalue weighted by Gasteiger charge is 2.19. The first-order valence-corrected chi connectivity index (χ1v) is 9.54. The molecule has 7 nitrogen and oxygen atoms in total. The number of nitrogens with zero attached hydrogens (tertiary/aromatic N) is 5. The van der Waals surface area contributed by atoms with E-state index < -0.39 is 0 Å². The summed E-state index contributed by atoms with van der Waals surface area (Å²) in [5.41, 5.74) is 1.00. The maximum atomic E-state index is 5.40. The van der Waals surface area contributed by atoms with E-state index in [4.69, 9.17) is 16.7 Å². The normalized spacial score (nSPS) is 16.5. The molecule has 0 amide bonds. The van der Waals surface area contributed by atoms with Crippen LogP contribution >= 0.6 is 23.6 Å². The summed E-state index contributed by atoms with van der Waals surface area (Å²) in [6.45, 7) is 7.51. The molecule has 132 valence electrons. The average Bonchev–Trinajstić information content (AvgIpc) is 3.32. The summed E-state index contributed by atoms with van der Waals surface area (Å²) in [6.07, 6.45) is 0. The van der Waals surface area contributed by atoms with Crippen LogP contribution in [0.4, 0.5) is 0 Å². The molecule has 0 aliphatic carbocycles. The lowest BCUT2D eigenvalue weighted by Crippen LogP contribution is -2.46. The van der Waals surface area contributed by atoms with E-state index in [1.54, 1.807) is 11.3 Å². The lowest BCUT2D eigenvalue weighted by molar-refractivity contribution is 0.0967. The molecule has 0 saturated carbocycles. The number of rotatable bonds is 5. The SMILES string of the molecule is Cc1cc(CN2CCN(Cn3[nH]c(-c4cccs4)nc3=S)CC2)no1. The largest absolute Gasteiger partial charge is 0.361 e. The molecule has 3 aromatic rings. The average molecular weight is 377 g/mol. The molecule has 1 fully saturated rings. The molecule has 3 aromatic heterocycles. The summed E-state index contributed by atoms with van der Waals surface area (Å²) in [7, 11) is 0. The van der Waals surface area contributed by atoms with Crippen LogP contribution in [0.25, 0.3) is 10.7 Å². The third-order valence-electron chi connectivity index (χ3n) is 4.30. The van der Waals surface area contributed by atoms with E-state index in [1.807, 2.05) is 35.2 Å². The van der Waals surface area contributed by atoms with E-state index >= 15 is 0 Å². The third-order valence-corrected chi connectivity index (χ3v) is 5.49. The molecule has 0 radical (unpaired) electrons. The van der Waals surface area contributed by atoms with Crippen molar-refractivity contribution in [3.05, 3.63) is 39.8 Å². The molecule has 4 rings (SSSR count). The first kappa shape index (κ1) is 16.6. The summed E-state index contributed by atoms with van der Waals surface area (Å²) in [5, 5.41) is 9.44. The summed E-state index contributed by atoms with van der Waals surface area (Å²) < 4.78 is 7.69. The highest BCUT2D eigenvalue weighted by molar-refractivity contribution is 7.71. The van der Waals surface area contributed by atoms with E-state index in [9.17, 15) is 0 Å². The van der Waals surface area contributed by atoms with Gasteiger partial charge in [-0.15, -0.1) is 11.3 Å². The number of hydrogen-bond acceptors (Lipinski definition) is 7. The quantitative estimate of drug-likeness (QED) is 0.691. The van der Waals surface area contributed by atoms with Gasteiger partial charge in [0.2, 0.25) is 4.77 Å². The van der Waals surface area contributed by atoms with Gasteiger partial charge in [0.05, 0.1) is 17.2 Å². The Morgan fingerprint density at radius 3 is 2.76 bits per heavy atom. The van der Waals surface area contributed by atoms with E-state index in [-0.39, 0.29) is 0 Å². The monoisotopic (exact) mass is 376 g/mol. The van der Waals surface area contributed by atoms with Crippen molar-refractivity contribution in [1.82, 2.24) is 29.7 Å². The van der Waals surface area contributed by atoms with Gasteiger partial charge in [-0.25, -0.2) is 4.68 Å². The van der Waals surface area contributed by atoms with Crippen molar-refractivity contribution in [2.75, 3.05) is 26.2 Å². The summed E-state index contributed by atoms with van der Waals surface area (Å²) in [4.78, 5) is 10.4. The first-order valence-electron chi connectivity index (χ1n) is 8.25. The van der Waals surface area contributed by atoms with Gasteiger partial charge in [0.25, 0.3) is 0 Å². The van der Waals surface area contributed by atoms with E-state index in [2.05, 4.69) is 25.0 Å². The van der Waals surface area contributed by atoms with Crippen molar-refractivity contribution in [3.8, 4) is 10.7 Å². The molecule has 0 unspecified atom stereocenters. The van der Waals surface area contributed by atoms with Crippen LogP contribution in [0, 0.1) is 11.7 Å². The third kappa shape index (κ3) is 3.90. The zero-order valence-corrected chi connectivity index (χ0v) is 15.6. The molecule has 25 heavy (non-hydrogen) atoms.